The number of carbonyl (C=O) groups is 1. The summed E-state index contributed by atoms with van der Waals surface area (Å²) in [5.74, 6) is 0.120. The summed E-state index contributed by atoms with van der Waals surface area (Å²) in [7, 11) is 2.02. The Kier molecular flexibility index (Phi) is 4.87. The summed E-state index contributed by atoms with van der Waals surface area (Å²) in [5.41, 5.74) is 2.75. The van der Waals surface area contributed by atoms with Gasteiger partial charge < -0.3 is 9.72 Å². The highest BCUT2D eigenvalue weighted by Crippen LogP contribution is 2.29. The normalized spacial score (nSPS) is 18.5. The molecule has 2 aromatic carbocycles. The van der Waals surface area contributed by atoms with Crippen LogP contribution in [0.2, 0.25) is 0 Å². The number of likely N-dealkylation sites (N-methyl/N-ethyl adjacent to an activating group) is 1. The van der Waals surface area contributed by atoms with Crippen LogP contribution in [0.15, 0.2) is 60.8 Å². The molecule has 1 N–H and O–H groups in total. The lowest BCUT2D eigenvalue weighted by molar-refractivity contribution is 0.0594. The summed E-state index contributed by atoms with van der Waals surface area (Å²) < 4.78 is 5.79. The van der Waals surface area contributed by atoms with Gasteiger partial charge in [-0.05, 0) is 31.5 Å². The fourth-order valence-corrected chi connectivity index (χ4v) is 3.88. The molecular formula is C22H24N2O2. The standard InChI is InChI=1S/C22H24N2O2/c1-24(15-17-10-7-13-26-17)21(16-8-3-2-4-9-16)22(25)19-14-23-20-12-6-5-11-18(19)20/h2-6,8-9,11-12,14,17,21,23H,7,10,13,15H2,1H3. The van der Waals surface area contributed by atoms with Crippen molar-refractivity contribution in [2.75, 3.05) is 20.2 Å². The number of nitrogens with one attached hydrogen (secondary N) is 1. The molecular weight excluding hydrogens is 324 g/mol. The molecule has 1 aromatic heterocycles. The Hall–Kier alpha value is -2.43. The van der Waals surface area contributed by atoms with Gasteiger partial charge in [0.25, 0.3) is 0 Å². The second-order valence-corrected chi connectivity index (χ2v) is 7.00. The van der Waals surface area contributed by atoms with E-state index in [2.05, 4.69) is 9.88 Å². The van der Waals surface area contributed by atoms with E-state index in [9.17, 15) is 4.79 Å². The van der Waals surface area contributed by atoms with E-state index in [4.69, 9.17) is 4.74 Å². The van der Waals surface area contributed by atoms with Gasteiger partial charge in [-0.1, -0.05) is 48.5 Å². The van der Waals surface area contributed by atoms with Crippen molar-refractivity contribution in [2.24, 2.45) is 0 Å². The van der Waals surface area contributed by atoms with Gasteiger partial charge >= 0.3 is 0 Å². The number of rotatable bonds is 6. The Labute approximate surface area is 153 Å². The first-order chi connectivity index (χ1) is 12.7. The van der Waals surface area contributed by atoms with Crippen molar-refractivity contribution in [3.63, 3.8) is 0 Å². The number of aromatic amines is 1. The number of hydrogen-bond donors (Lipinski definition) is 1. The molecule has 0 radical (unpaired) electrons. The molecule has 0 saturated carbocycles. The van der Waals surface area contributed by atoms with Gasteiger partial charge in [-0.15, -0.1) is 0 Å². The fraction of sp³-hybridized carbons (Fsp3) is 0.318. The zero-order valence-electron chi connectivity index (χ0n) is 15.0. The Bertz CT molecular complexity index is 881. The van der Waals surface area contributed by atoms with E-state index in [1.807, 2.05) is 67.8 Å². The highest BCUT2D eigenvalue weighted by atomic mass is 16.5. The Morgan fingerprint density at radius 1 is 1.19 bits per heavy atom. The number of para-hydroxylation sites is 1. The molecule has 0 amide bonds. The summed E-state index contributed by atoms with van der Waals surface area (Å²) in [6.07, 6.45) is 4.21. The Balaban J connectivity index is 1.68. The van der Waals surface area contributed by atoms with Crippen LogP contribution >= 0.6 is 0 Å². The minimum atomic E-state index is -0.320. The van der Waals surface area contributed by atoms with Crippen molar-refractivity contribution in [3.8, 4) is 0 Å². The van der Waals surface area contributed by atoms with E-state index in [-0.39, 0.29) is 17.9 Å². The number of ether oxygens (including phenoxy) is 1. The third-order valence-electron chi connectivity index (χ3n) is 5.17. The van der Waals surface area contributed by atoms with Crippen LogP contribution in [0.5, 0.6) is 0 Å². The van der Waals surface area contributed by atoms with E-state index in [1.165, 1.54) is 0 Å². The number of aromatic nitrogens is 1. The maximum absolute atomic E-state index is 13.5. The predicted molar refractivity (Wildman–Crippen MR) is 103 cm³/mol. The summed E-state index contributed by atoms with van der Waals surface area (Å²) in [6.45, 7) is 1.58. The van der Waals surface area contributed by atoms with Crippen LogP contribution in [0, 0.1) is 0 Å². The molecule has 0 bridgehead atoms. The van der Waals surface area contributed by atoms with Crippen LogP contribution in [-0.2, 0) is 4.74 Å². The molecule has 0 aliphatic carbocycles. The zero-order chi connectivity index (χ0) is 17.9. The van der Waals surface area contributed by atoms with Gasteiger partial charge in [0.1, 0.15) is 0 Å². The second-order valence-electron chi connectivity index (χ2n) is 7.00. The molecule has 1 aliphatic heterocycles. The minimum Gasteiger partial charge on any atom is -0.377 e. The Morgan fingerprint density at radius 2 is 1.96 bits per heavy atom. The average molecular weight is 348 g/mol. The van der Waals surface area contributed by atoms with E-state index in [1.54, 1.807) is 0 Å². The fourth-order valence-electron chi connectivity index (χ4n) is 3.88. The van der Waals surface area contributed by atoms with Crippen molar-refractivity contribution in [1.82, 2.24) is 9.88 Å². The average Bonchev–Trinajstić information content (AvgIpc) is 3.32. The minimum absolute atomic E-state index is 0.120. The van der Waals surface area contributed by atoms with Gasteiger partial charge in [0.05, 0.1) is 12.1 Å². The topological polar surface area (TPSA) is 45.3 Å². The van der Waals surface area contributed by atoms with Crippen molar-refractivity contribution >= 4 is 16.7 Å². The second kappa shape index (κ2) is 7.44. The third kappa shape index (κ3) is 3.30. The molecule has 0 spiro atoms. The summed E-state index contributed by atoms with van der Waals surface area (Å²) in [6, 6.07) is 17.7. The number of H-pyrrole nitrogens is 1. The highest BCUT2D eigenvalue weighted by molar-refractivity contribution is 6.10. The molecule has 1 saturated heterocycles. The maximum Gasteiger partial charge on any atom is 0.186 e. The molecule has 26 heavy (non-hydrogen) atoms. The van der Waals surface area contributed by atoms with Crippen molar-refractivity contribution < 1.29 is 9.53 Å². The molecule has 4 nitrogen and oxygen atoms in total. The SMILES string of the molecule is CN(CC1CCCO1)C(C(=O)c1c[nH]c2ccccc12)c1ccccc1. The van der Waals surface area contributed by atoms with E-state index in [0.717, 1.165) is 48.0 Å². The number of fused-ring (bicyclic) bond motifs is 1. The first-order valence-electron chi connectivity index (χ1n) is 9.21. The van der Waals surface area contributed by atoms with Gasteiger partial charge in [0.15, 0.2) is 5.78 Å². The quantitative estimate of drug-likeness (QED) is 0.679. The van der Waals surface area contributed by atoms with Gasteiger partial charge in [0, 0.05) is 35.8 Å². The largest absolute Gasteiger partial charge is 0.377 e. The summed E-state index contributed by atoms with van der Waals surface area (Å²) in [5, 5.41) is 0.976. The summed E-state index contributed by atoms with van der Waals surface area (Å²) in [4.78, 5) is 18.9. The van der Waals surface area contributed by atoms with Gasteiger partial charge in [0.2, 0.25) is 0 Å². The molecule has 134 valence electrons. The monoisotopic (exact) mass is 348 g/mol. The van der Waals surface area contributed by atoms with E-state index < -0.39 is 0 Å². The van der Waals surface area contributed by atoms with Crippen molar-refractivity contribution in [2.45, 2.75) is 25.0 Å². The van der Waals surface area contributed by atoms with Crippen LogP contribution in [-0.4, -0.2) is 42.0 Å². The van der Waals surface area contributed by atoms with Gasteiger partial charge in [-0.3, -0.25) is 9.69 Å². The van der Waals surface area contributed by atoms with Crippen LogP contribution < -0.4 is 0 Å². The predicted octanol–water partition coefficient (Wildman–Crippen LogP) is 4.20. The lowest BCUT2D eigenvalue weighted by Crippen LogP contribution is -2.36. The smallest absolute Gasteiger partial charge is 0.186 e. The van der Waals surface area contributed by atoms with E-state index in [0.29, 0.717) is 0 Å². The number of ketones is 1. The first-order valence-corrected chi connectivity index (χ1v) is 9.21. The lowest BCUT2D eigenvalue weighted by Gasteiger charge is -2.29. The van der Waals surface area contributed by atoms with Gasteiger partial charge in [-0.25, -0.2) is 0 Å². The molecule has 4 rings (SSSR count). The number of nitrogens with zero attached hydrogens (tertiary/aromatic N) is 1. The van der Waals surface area contributed by atoms with Crippen molar-refractivity contribution in [3.05, 3.63) is 71.9 Å². The molecule has 1 aliphatic rings. The molecule has 1 fully saturated rings. The number of benzene rings is 2. The van der Waals surface area contributed by atoms with E-state index >= 15 is 0 Å². The van der Waals surface area contributed by atoms with Crippen LogP contribution in [0.25, 0.3) is 10.9 Å². The first kappa shape index (κ1) is 17.0. The van der Waals surface area contributed by atoms with Crippen molar-refractivity contribution in [1.29, 1.82) is 0 Å². The number of hydrogen-bond acceptors (Lipinski definition) is 3. The van der Waals surface area contributed by atoms with Crippen LogP contribution in [0.4, 0.5) is 0 Å². The molecule has 3 aromatic rings. The lowest BCUT2D eigenvalue weighted by atomic mass is 9.95. The third-order valence-corrected chi connectivity index (χ3v) is 5.17. The Morgan fingerprint density at radius 3 is 2.73 bits per heavy atom. The van der Waals surface area contributed by atoms with Crippen LogP contribution in [0.3, 0.4) is 0 Å². The molecule has 2 heterocycles. The number of Topliss-reactive ketones (excluding diaryl/α,β-unsaturated/α-hetero) is 1. The molecule has 4 heteroatoms. The van der Waals surface area contributed by atoms with Gasteiger partial charge in [-0.2, -0.15) is 0 Å². The summed E-state index contributed by atoms with van der Waals surface area (Å²) >= 11 is 0. The maximum atomic E-state index is 13.5. The van der Waals surface area contributed by atoms with Crippen LogP contribution in [0.1, 0.15) is 34.8 Å². The number of carbonyl (C=O) groups excluding carboxylic acids is 1. The zero-order valence-corrected chi connectivity index (χ0v) is 15.0. The highest BCUT2D eigenvalue weighted by Gasteiger charge is 2.30. The molecule has 2 atom stereocenters. The molecule has 2 unspecified atom stereocenters.